The summed E-state index contributed by atoms with van der Waals surface area (Å²) in [6.45, 7) is 6.03. The third kappa shape index (κ3) is 5.59. The monoisotopic (exact) mass is 296 g/mol. The van der Waals surface area contributed by atoms with Crippen molar-refractivity contribution < 1.29 is 9.53 Å². The summed E-state index contributed by atoms with van der Waals surface area (Å²) in [6, 6.07) is 0.114. The van der Waals surface area contributed by atoms with Crippen LogP contribution in [0.5, 0.6) is 0 Å². The molecule has 21 heavy (non-hydrogen) atoms. The van der Waals surface area contributed by atoms with Crippen LogP contribution < -0.4 is 5.32 Å². The molecule has 1 atom stereocenters. The van der Waals surface area contributed by atoms with E-state index in [4.69, 9.17) is 4.74 Å². The van der Waals surface area contributed by atoms with Gasteiger partial charge in [-0.05, 0) is 51.6 Å². The first-order valence-electron chi connectivity index (χ1n) is 8.70. The molecular formula is C17H32N2O2. The van der Waals surface area contributed by atoms with E-state index in [2.05, 4.69) is 10.2 Å². The van der Waals surface area contributed by atoms with E-state index in [1.165, 1.54) is 38.6 Å². The Morgan fingerprint density at radius 3 is 2.48 bits per heavy atom. The smallest absolute Gasteiger partial charge is 0.223 e. The number of methoxy groups -OCH3 is 1. The molecule has 1 aliphatic heterocycles. The zero-order chi connectivity index (χ0) is 15.1. The normalized spacial score (nSPS) is 23.9. The number of piperidine rings is 1. The highest BCUT2D eigenvalue weighted by Gasteiger charge is 2.27. The number of carbonyl (C=O) groups is 1. The van der Waals surface area contributed by atoms with Crippen LogP contribution in [0.2, 0.25) is 0 Å². The van der Waals surface area contributed by atoms with Crippen LogP contribution in [0.15, 0.2) is 0 Å². The molecule has 0 unspecified atom stereocenters. The SMILES string of the molecule is COC[C@@H](C)NC(=O)C1CCN(CC2CCCCC2)CC1. The van der Waals surface area contributed by atoms with Crippen molar-refractivity contribution in [2.45, 2.75) is 57.9 Å². The van der Waals surface area contributed by atoms with E-state index in [9.17, 15) is 4.79 Å². The first-order chi connectivity index (χ1) is 10.2. The number of rotatable bonds is 6. The van der Waals surface area contributed by atoms with Crippen molar-refractivity contribution in [2.24, 2.45) is 11.8 Å². The number of carbonyl (C=O) groups excluding carboxylic acids is 1. The van der Waals surface area contributed by atoms with Gasteiger partial charge in [-0.15, -0.1) is 0 Å². The van der Waals surface area contributed by atoms with Gasteiger partial charge >= 0.3 is 0 Å². The highest BCUT2D eigenvalue weighted by molar-refractivity contribution is 5.79. The summed E-state index contributed by atoms with van der Waals surface area (Å²) >= 11 is 0. The second-order valence-electron chi connectivity index (χ2n) is 6.94. The standard InChI is InChI=1S/C17H32N2O2/c1-14(13-21-2)18-17(20)16-8-10-19(11-9-16)12-15-6-4-3-5-7-15/h14-16H,3-13H2,1-2H3,(H,18,20)/t14-/m1/s1. The van der Waals surface area contributed by atoms with E-state index < -0.39 is 0 Å². The topological polar surface area (TPSA) is 41.6 Å². The van der Waals surface area contributed by atoms with E-state index in [0.717, 1.165) is 31.8 Å². The van der Waals surface area contributed by atoms with Crippen molar-refractivity contribution in [3.63, 3.8) is 0 Å². The van der Waals surface area contributed by atoms with Crippen molar-refractivity contribution >= 4 is 5.91 Å². The van der Waals surface area contributed by atoms with Gasteiger partial charge in [0.25, 0.3) is 0 Å². The van der Waals surface area contributed by atoms with Crippen molar-refractivity contribution in [1.29, 1.82) is 0 Å². The van der Waals surface area contributed by atoms with Crippen LogP contribution in [0.4, 0.5) is 0 Å². The second kappa shape index (κ2) is 8.74. The Balaban J connectivity index is 1.66. The van der Waals surface area contributed by atoms with Crippen molar-refractivity contribution in [1.82, 2.24) is 10.2 Å². The lowest BCUT2D eigenvalue weighted by molar-refractivity contribution is -0.127. The molecule has 0 radical (unpaired) electrons. The summed E-state index contributed by atoms with van der Waals surface area (Å²) in [7, 11) is 1.67. The summed E-state index contributed by atoms with van der Waals surface area (Å²) in [5, 5.41) is 3.06. The summed E-state index contributed by atoms with van der Waals surface area (Å²) in [5.41, 5.74) is 0. The van der Waals surface area contributed by atoms with Gasteiger partial charge in [-0.2, -0.15) is 0 Å². The van der Waals surface area contributed by atoms with Gasteiger partial charge in [0.1, 0.15) is 0 Å². The molecular weight excluding hydrogens is 264 g/mol. The predicted molar refractivity (Wildman–Crippen MR) is 85.2 cm³/mol. The maximum atomic E-state index is 12.2. The summed E-state index contributed by atoms with van der Waals surface area (Å²) in [4.78, 5) is 14.8. The van der Waals surface area contributed by atoms with Gasteiger partial charge in [0, 0.05) is 25.6 Å². The minimum absolute atomic E-state index is 0.114. The van der Waals surface area contributed by atoms with Gasteiger partial charge in [0.2, 0.25) is 5.91 Å². The molecule has 1 N–H and O–H groups in total. The molecule has 0 bridgehead atoms. The third-order valence-electron chi connectivity index (χ3n) is 5.00. The first-order valence-corrected chi connectivity index (χ1v) is 8.70. The van der Waals surface area contributed by atoms with Gasteiger partial charge in [-0.25, -0.2) is 0 Å². The molecule has 2 rings (SSSR count). The molecule has 1 aliphatic carbocycles. The van der Waals surface area contributed by atoms with E-state index >= 15 is 0 Å². The highest BCUT2D eigenvalue weighted by Crippen LogP contribution is 2.26. The number of ether oxygens (including phenoxy) is 1. The quantitative estimate of drug-likeness (QED) is 0.818. The summed E-state index contributed by atoms with van der Waals surface area (Å²) < 4.78 is 5.07. The fraction of sp³-hybridized carbons (Fsp3) is 0.941. The molecule has 4 nitrogen and oxygen atoms in total. The van der Waals surface area contributed by atoms with E-state index in [1.54, 1.807) is 7.11 Å². The molecule has 122 valence electrons. The Labute approximate surface area is 129 Å². The number of likely N-dealkylation sites (tertiary alicyclic amines) is 1. The lowest BCUT2D eigenvalue weighted by atomic mass is 9.88. The maximum absolute atomic E-state index is 12.2. The van der Waals surface area contributed by atoms with Crippen LogP contribution in [0, 0.1) is 11.8 Å². The molecule has 0 spiro atoms. The predicted octanol–water partition coefficient (Wildman–Crippen LogP) is 2.43. The van der Waals surface area contributed by atoms with Crippen molar-refractivity contribution in [3.8, 4) is 0 Å². The van der Waals surface area contributed by atoms with E-state index in [1.807, 2.05) is 6.92 Å². The number of hydrogen-bond acceptors (Lipinski definition) is 3. The Morgan fingerprint density at radius 2 is 1.86 bits per heavy atom. The van der Waals surface area contributed by atoms with Crippen molar-refractivity contribution in [3.05, 3.63) is 0 Å². The second-order valence-corrected chi connectivity index (χ2v) is 6.94. The molecule has 0 aromatic heterocycles. The number of amides is 1. The summed E-state index contributed by atoms with van der Waals surface area (Å²) in [6.07, 6.45) is 9.11. The number of nitrogens with zero attached hydrogens (tertiary/aromatic N) is 1. The Hall–Kier alpha value is -0.610. The lowest BCUT2D eigenvalue weighted by Crippen LogP contribution is -2.45. The largest absolute Gasteiger partial charge is 0.383 e. The molecule has 0 aromatic rings. The lowest BCUT2D eigenvalue weighted by Gasteiger charge is -2.35. The molecule has 1 heterocycles. The molecule has 1 saturated heterocycles. The fourth-order valence-electron chi connectivity index (χ4n) is 3.76. The zero-order valence-electron chi connectivity index (χ0n) is 13.8. The van der Waals surface area contributed by atoms with Crippen LogP contribution in [0.1, 0.15) is 51.9 Å². The average molecular weight is 296 g/mol. The van der Waals surface area contributed by atoms with Gasteiger partial charge in [-0.1, -0.05) is 19.3 Å². The van der Waals surface area contributed by atoms with E-state index in [0.29, 0.717) is 6.61 Å². The average Bonchev–Trinajstić information content (AvgIpc) is 2.49. The summed E-state index contributed by atoms with van der Waals surface area (Å²) in [5.74, 6) is 1.33. The van der Waals surface area contributed by atoms with Gasteiger partial charge in [-0.3, -0.25) is 4.79 Å². The molecule has 2 aliphatic rings. The number of hydrogen-bond donors (Lipinski definition) is 1. The molecule has 0 aromatic carbocycles. The Kier molecular flexibility index (Phi) is 6.97. The van der Waals surface area contributed by atoms with Crippen LogP contribution in [0.3, 0.4) is 0 Å². The van der Waals surface area contributed by atoms with Gasteiger partial charge in [0.15, 0.2) is 0 Å². The molecule has 4 heteroatoms. The Morgan fingerprint density at radius 1 is 1.19 bits per heavy atom. The van der Waals surface area contributed by atoms with Gasteiger partial charge < -0.3 is 15.0 Å². The zero-order valence-corrected chi connectivity index (χ0v) is 13.8. The van der Waals surface area contributed by atoms with E-state index in [-0.39, 0.29) is 17.9 Å². The minimum Gasteiger partial charge on any atom is -0.383 e. The Bertz CT molecular complexity index is 308. The van der Waals surface area contributed by atoms with Gasteiger partial charge in [0.05, 0.1) is 6.61 Å². The maximum Gasteiger partial charge on any atom is 0.223 e. The highest BCUT2D eigenvalue weighted by atomic mass is 16.5. The van der Waals surface area contributed by atoms with Crippen LogP contribution in [0.25, 0.3) is 0 Å². The van der Waals surface area contributed by atoms with Crippen LogP contribution >= 0.6 is 0 Å². The fourth-order valence-corrected chi connectivity index (χ4v) is 3.76. The van der Waals surface area contributed by atoms with Crippen molar-refractivity contribution in [2.75, 3.05) is 33.4 Å². The van der Waals surface area contributed by atoms with Crippen LogP contribution in [-0.4, -0.2) is 50.2 Å². The molecule has 2 fully saturated rings. The third-order valence-corrected chi connectivity index (χ3v) is 5.00. The molecule has 1 amide bonds. The molecule has 1 saturated carbocycles. The first kappa shape index (κ1) is 16.8. The van der Waals surface area contributed by atoms with Crippen LogP contribution in [-0.2, 0) is 9.53 Å². The number of nitrogens with one attached hydrogen (secondary N) is 1. The minimum atomic E-state index is 0.114.